The highest BCUT2D eigenvalue weighted by molar-refractivity contribution is 4.68. The van der Waals surface area contributed by atoms with Gasteiger partial charge in [-0.05, 0) is 6.42 Å². The van der Waals surface area contributed by atoms with E-state index in [2.05, 4.69) is 10.2 Å². The number of aliphatic hydroxyl groups is 1. The summed E-state index contributed by atoms with van der Waals surface area (Å²) in [5.74, 6) is 0. The van der Waals surface area contributed by atoms with Gasteiger partial charge in [-0.25, -0.2) is 0 Å². The SMILES string of the molecule is CCC(O)N1CCNCC1. The van der Waals surface area contributed by atoms with Gasteiger partial charge in [0, 0.05) is 26.2 Å². The van der Waals surface area contributed by atoms with Crippen molar-refractivity contribution < 1.29 is 5.11 Å². The highest BCUT2D eigenvalue weighted by atomic mass is 16.3. The Labute approximate surface area is 62.0 Å². The summed E-state index contributed by atoms with van der Waals surface area (Å²) in [5.41, 5.74) is 0. The Hall–Kier alpha value is -0.120. The Morgan fingerprint density at radius 1 is 1.50 bits per heavy atom. The zero-order valence-electron chi connectivity index (χ0n) is 6.51. The molecule has 1 fully saturated rings. The van der Waals surface area contributed by atoms with Crippen molar-refractivity contribution in [2.45, 2.75) is 19.6 Å². The van der Waals surface area contributed by atoms with Crippen LogP contribution in [0.15, 0.2) is 0 Å². The minimum Gasteiger partial charge on any atom is -0.378 e. The number of nitrogens with zero attached hydrogens (tertiary/aromatic N) is 1. The van der Waals surface area contributed by atoms with Gasteiger partial charge in [-0.1, -0.05) is 6.92 Å². The van der Waals surface area contributed by atoms with Crippen molar-refractivity contribution in [2.24, 2.45) is 0 Å². The first kappa shape index (κ1) is 7.98. The molecule has 0 aromatic heterocycles. The monoisotopic (exact) mass is 144 g/mol. The number of nitrogens with one attached hydrogen (secondary N) is 1. The molecule has 1 rings (SSSR count). The van der Waals surface area contributed by atoms with Crippen LogP contribution in [0.4, 0.5) is 0 Å². The molecule has 1 aliphatic heterocycles. The van der Waals surface area contributed by atoms with E-state index in [4.69, 9.17) is 0 Å². The van der Waals surface area contributed by atoms with Crippen molar-refractivity contribution in [1.29, 1.82) is 0 Å². The van der Waals surface area contributed by atoms with Gasteiger partial charge >= 0.3 is 0 Å². The highest BCUT2D eigenvalue weighted by Crippen LogP contribution is 2.00. The van der Waals surface area contributed by atoms with Crippen LogP contribution in [0.5, 0.6) is 0 Å². The Morgan fingerprint density at radius 3 is 2.60 bits per heavy atom. The fourth-order valence-electron chi connectivity index (χ4n) is 1.24. The topological polar surface area (TPSA) is 35.5 Å². The minimum absolute atomic E-state index is 0.220. The van der Waals surface area contributed by atoms with E-state index in [0.717, 1.165) is 32.6 Å². The highest BCUT2D eigenvalue weighted by Gasteiger charge is 2.15. The number of aliphatic hydroxyl groups excluding tert-OH is 1. The van der Waals surface area contributed by atoms with Gasteiger partial charge in [0.1, 0.15) is 6.23 Å². The van der Waals surface area contributed by atoms with E-state index < -0.39 is 0 Å². The van der Waals surface area contributed by atoms with Gasteiger partial charge in [0.15, 0.2) is 0 Å². The molecule has 0 saturated carbocycles. The van der Waals surface area contributed by atoms with Crippen molar-refractivity contribution in [3.05, 3.63) is 0 Å². The fraction of sp³-hybridized carbons (Fsp3) is 1.00. The first-order valence-electron chi connectivity index (χ1n) is 3.97. The summed E-state index contributed by atoms with van der Waals surface area (Å²) < 4.78 is 0. The lowest BCUT2D eigenvalue weighted by Crippen LogP contribution is -2.48. The molecular formula is C7H16N2O. The van der Waals surface area contributed by atoms with Gasteiger partial charge in [0.25, 0.3) is 0 Å². The summed E-state index contributed by atoms with van der Waals surface area (Å²) in [6, 6.07) is 0. The van der Waals surface area contributed by atoms with Crippen molar-refractivity contribution in [1.82, 2.24) is 10.2 Å². The molecule has 0 amide bonds. The molecule has 3 heteroatoms. The molecule has 60 valence electrons. The van der Waals surface area contributed by atoms with Gasteiger partial charge in [0.05, 0.1) is 0 Å². The van der Waals surface area contributed by atoms with Crippen LogP contribution in [0.1, 0.15) is 13.3 Å². The standard InChI is InChI=1S/C7H16N2O/c1-2-7(10)9-5-3-8-4-6-9/h7-8,10H,2-6H2,1H3. The van der Waals surface area contributed by atoms with Gasteiger partial charge in [-0.3, -0.25) is 4.90 Å². The molecule has 2 N–H and O–H groups in total. The molecule has 1 atom stereocenters. The van der Waals surface area contributed by atoms with E-state index in [1.807, 2.05) is 6.92 Å². The van der Waals surface area contributed by atoms with Crippen molar-refractivity contribution >= 4 is 0 Å². The fourth-order valence-corrected chi connectivity index (χ4v) is 1.24. The second kappa shape index (κ2) is 3.91. The summed E-state index contributed by atoms with van der Waals surface area (Å²) in [6.07, 6.45) is 0.613. The lowest BCUT2D eigenvalue weighted by atomic mass is 10.3. The summed E-state index contributed by atoms with van der Waals surface area (Å²) >= 11 is 0. The molecule has 3 nitrogen and oxygen atoms in total. The van der Waals surface area contributed by atoms with Crippen LogP contribution in [0.25, 0.3) is 0 Å². The third-order valence-corrected chi connectivity index (χ3v) is 1.94. The third kappa shape index (κ3) is 1.94. The van der Waals surface area contributed by atoms with Crippen molar-refractivity contribution in [2.75, 3.05) is 26.2 Å². The average molecular weight is 144 g/mol. The van der Waals surface area contributed by atoms with Crippen LogP contribution >= 0.6 is 0 Å². The predicted molar refractivity (Wildman–Crippen MR) is 40.7 cm³/mol. The molecular weight excluding hydrogens is 128 g/mol. The number of rotatable bonds is 2. The summed E-state index contributed by atoms with van der Waals surface area (Å²) in [4.78, 5) is 2.11. The van der Waals surface area contributed by atoms with E-state index in [0.29, 0.717) is 0 Å². The molecule has 1 aliphatic rings. The van der Waals surface area contributed by atoms with E-state index in [1.165, 1.54) is 0 Å². The number of hydrogen-bond donors (Lipinski definition) is 2. The average Bonchev–Trinajstić information content (AvgIpc) is 2.05. The lowest BCUT2D eigenvalue weighted by molar-refractivity contribution is -0.00563. The molecule has 0 aromatic carbocycles. The molecule has 0 aliphatic carbocycles. The van der Waals surface area contributed by atoms with Gasteiger partial charge in [-0.2, -0.15) is 0 Å². The molecule has 10 heavy (non-hydrogen) atoms. The Morgan fingerprint density at radius 2 is 2.10 bits per heavy atom. The first-order valence-corrected chi connectivity index (χ1v) is 3.97. The second-order valence-electron chi connectivity index (χ2n) is 2.67. The van der Waals surface area contributed by atoms with E-state index in [-0.39, 0.29) is 6.23 Å². The molecule has 1 unspecified atom stereocenters. The van der Waals surface area contributed by atoms with Crippen LogP contribution in [0, 0.1) is 0 Å². The van der Waals surface area contributed by atoms with Gasteiger partial charge in [-0.15, -0.1) is 0 Å². The first-order chi connectivity index (χ1) is 4.84. The Kier molecular flexibility index (Phi) is 3.12. The normalized spacial score (nSPS) is 24.6. The quantitative estimate of drug-likeness (QED) is 0.554. The molecule has 0 spiro atoms. The van der Waals surface area contributed by atoms with Gasteiger partial charge < -0.3 is 10.4 Å². The molecule has 0 aromatic rings. The lowest BCUT2D eigenvalue weighted by Gasteiger charge is -2.30. The number of hydrogen-bond acceptors (Lipinski definition) is 3. The smallest absolute Gasteiger partial charge is 0.107 e. The van der Waals surface area contributed by atoms with Crippen molar-refractivity contribution in [3.63, 3.8) is 0 Å². The zero-order chi connectivity index (χ0) is 7.40. The third-order valence-electron chi connectivity index (χ3n) is 1.94. The summed E-state index contributed by atoms with van der Waals surface area (Å²) in [6.45, 7) is 5.99. The van der Waals surface area contributed by atoms with E-state index >= 15 is 0 Å². The Balaban J connectivity index is 2.24. The summed E-state index contributed by atoms with van der Waals surface area (Å²) in [7, 11) is 0. The molecule has 1 saturated heterocycles. The van der Waals surface area contributed by atoms with Crippen LogP contribution in [0.2, 0.25) is 0 Å². The summed E-state index contributed by atoms with van der Waals surface area (Å²) in [5, 5.41) is 12.6. The number of piperazine rings is 1. The van der Waals surface area contributed by atoms with Crippen LogP contribution in [-0.4, -0.2) is 42.4 Å². The van der Waals surface area contributed by atoms with Crippen LogP contribution in [0.3, 0.4) is 0 Å². The predicted octanol–water partition coefficient (Wildman–Crippen LogP) is -0.380. The maximum Gasteiger partial charge on any atom is 0.107 e. The van der Waals surface area contributed by atoms with E-state index in [1.54, 1.807) is 0 Å². The van der Waals surface area contributed by atoms with Gasteiger partial charge in [0.2, 0.25) is 0 Å². The maximum atomic E-state index is 9.38. The molecule has 0 bridgehead atoms. The van der Waals surface area contributed by atoms with Crippen molar-refractivity contribution in [3.8, 4) is 0 Å². The second-order valence-corrected chi connectivity index (χ2v) is 2.67. The van der Waals surface area contributed by atoms with E-state index in [9.17, 15) is 5.11 Å². The largest absolute Gasteiger partial charge is 0.378 e. The molecule has 0 radical (unpaired) electrons. The zero-order valence-corrected chi connectivity index (χ0v) is 6.51. The minimum atomic E-state index is -0.220. The van der Waals surface area contributed by atoms with Crippen LogP contribution in [-0.2, 0) is 0 Å². The van der Waals surface area contributed by atoms with Crippen LogP contribution < -0.4 is 5.32 Å². The Bertz CT molecular complexity index is 91.6. The molecule has 1 heterocycles. The maximum absolute atomic E-state index is 9.38.